The monoisotopic (exact) mass is 597 g/mol. The molecule has 9 rings (SSSR count). The highest BCUT2D eigenvalue weighted by Gasteiger charge is 2.46. The van der Waals surface area contributed by atoms with E-state index in [1.54, 1.807) is 0 Å². The topological polar surface area (TPSA) is 30.1 Å². The Morgan fingerprint density at radius 1 is 0.468 bits per heavy atom. The van der Waals surface area contributed by atoms with Gasteiger partial charge in [0.25, 0.3) is 0 Å². The number of fused-ring (bicyclic) bond motifs is 6. The maximum Gasteiger partial charge on any atom is 0.187 e. The zero-order valence-electron chi connectivity index (χ0n) is 25.4. The summed E-state index contributed by atoms with van der Waals surface area (Å²) in [7, 11) is 0. The van der Waals surface area contributed by atoms with E-state index < -0.39 is 5.41 Å². The Balaban J connectivity index is 1.30. The first kappa shape index (κ1) is 27.0. The van der Waals surface area contributed by atoms with Gasteiger partial charge in [-0.1, -0.05) is 127 Å². The molecule has 0 spiro atoms. The number of aromatic nitrogens is 2. The van der Waals surface area contributed by atoms with Crippen LogP contribution in [0, 0.1) is 6.57 Å². The van der Waals surface area contributed by atoms with E-state index in [1.807, 2.05) is 42.7 Å². The molecule has 0 radical (unpaired) electrons. The van der Waals surface area contributed by atoms with Crippen LogP contribution in [-0.2, 0) is 5.41 Å². The lowest BCUT2D eigenvalue weighted by atomic mass is 9.67. The Hall–Kier alpha value is -6.37. The molecule has 1 aliphatic carbocycles. The van der Waals surface area contributed by atoms with E-state index in [2.05, 4.69) is 131 Å². The van der Waals surface area contributed by atoms with Crippen LogP contribution >= 0.6 is 0 Å². The molecule has 0 N–H and O–H groups in total. The summed E-state index contributed by atoms with van der Waals surface area (Å²) < 4.78 is 0. The summed E-state index contributed by atoms with van der Waals surface area (Å²) in [6.45, 7) is 7.41. The van der Waals surface area contributed by atoms with E-state index in [4.69, 9.17) is 11.6 Å². The molecule has 3 nitrogen and oxygen atoms in total. The Morgan fingerprint density at radius 2 is 1.04 bits per heavy atom. The number of hydrogen-bond acceptors (Lipinski definition) is 2. The van der Waals surface area contributed by atoms with Crippen LogP contribution in [-0.4, -0.2) is 9.97 Å². The fraction of sp³-hybridized carbons (Fsp3) is 0.0227. The molecule has 2 aromatic heterocycles. The van der Waals surface area contributed by atoms with Crippen molar-refractivity contribution in [1.82, 2.24) is 9.97 Å². The van der Waals surface area contributed by atoms with Crippen LogP contribution < -0.4 is 0 Å². The Kier molecular flexibility index (Phi) is 6.10. The van der Waals surface area contributed by atoms with Crippen molar-refractivity contribution in [2.24, 2.45) is 0 Å². The van der Waals surface area contributed by atoms with Crippen molar-refractivity contribution in [3.63, 3.8) is 0 Å². The molecule has 0 bridgehead atoms. The van der Waals surface area contributed by atoms with E-state index >= 15 is 0 Å². The van der Waals surface area contributed by atoms with Gasteiger partial charge in [0.15, 0.2) is 5.69 Å². The van der Waals surface area contributed by atoms with Crippen molar-refractivity contribution in [2.45, 2.75) is 5.41 Å². The molecule has 0 amide bonds. The average Bonchev–Trinajstić information content (AvgIpc) is 3.45. The van der Waals surface area contributed by atoms with E-state index in [0.717, 1.165) is 44.1 Å². The molecule has 47 heavy (non-hydrogen) atoms. The summed E-state index contributed by atoms with van der Waals surface area (Å²) in [4.78, 5) is 13.2. The third kappa shape index (κ3) is 4.13. The Labute approximate surface area is 273 Å². The lowest BCUT2D eigenvalue weighted by Crippen LogP contribution is -2.28. The van der Waals surface area contributed by atoms with Crippen LogP contribution in [0.25, 0.3) is 60.0 Å². The van der Waals surface area contributed by atoms with Crippen LogP contribution in [0.4, 0.5) is 5.69 Å². The Morgan fingerprint density at radius 3 is 1.68 bits per heavy atom. The average molecular weight is 598 g/mol. The molecule has 0 fully saturated rings. The first-order valence-electron chi connectivity index (χ1n) is 15.8. The molecule has 6 aromatic carbocycles. The van der Waals surface area contributed by atoms with Crippen LogP contribution in [0.2, 0.25) is 0 Å². The van der Waals surface area contributed by atoms with E-state index in [1.165, 1.54) is 33.4 Å². The van der Waals surface area contributed by atoms with Gasteiger partial charge in [-0.3, -0.25) is 9.97 Å². The third-order valence-corrected chi connectivity index (χ3v) is 9.64. The van der Waals surface area contributed by atoms with Gasteiger partial charge >= 0.3 is 0 Å². The zero-order chi connectivity index (χ0) is 31.4. The summed E-state index contributed by atoms with van der Waals surface area (Å²) in [6, 6.07) is 53.9. The van der Waals surface area contributed by atoms with Gasteiger partial charge in [0.2, 0.25) is 0 Å². The zero-order valence-corrected chi connectivity index (χ0v) is 25.4. The van der Waals surface area contributed by atoms with Gasteiger partial charge in [-0.25, -0.2) is 4.85 Å². The molecule has 218 valence electrons. The second-order valence-corrected chi connectivity index (χ2v) is 12.1. The number of hydrogen-bond donors (Lipinski definition) is 0. The molecule has 0 saturated heterocycles. The number of rotatable bonds is 4. The maximum absolute atomic E-state index is 7.41. The third-order valence-electron chi connectivity index (χ3n) is 9.64. The molecule has 2 heterocycles. The summed E-state index contributed by atoms with van der Waals surface area (Å²) >= 11 is 0. The largest absolute Gasteiger partial charge is 0.254 e. The molecule has 3 heteroatoms. The standard InChI is InChI=1S/C44H27N3/c1-45-37-20-16-29(17-21-37)31-18-22-38-39-23-19-32(34-25-33-15-14-30-9-8-24-46-42(30)43(33)47-28-34)27-41(39)44(40(38)26-31,35-10-4-2-5-11-35)36-12-6-3-7-13-36/h2-28H. The normalized spacial score (nSPS) is 12.8. The van der Waals surface area contributed by atoms with Gasteiger partial charge < -0.3 is 0 Å². The highest BCUT2D eigenvalue weighted by molar-refractivity contribution is 6.03. The number of pyridine rings is 2. The van der Waals surface area contributed by atoms with Crippen molar-refractivity contribution in [3.8, 4) is 33.4 Å². The lowest BCUT2D eigenvalue weighted by Gasteiger charge is -2.34. The Bertz CT molecular complexity index is 2470. The lowest BCUT2D eigenvalue weighted by molar-refractivity contribution is 0.769. The molecular weight excluding hydrogens is 571 g/mol. The molecule has 0 unspecified atom stereocenters. The summed E-state index contributed by atoms with van der Waals surface area (Å²) in [5, 5.41) is 2.16. The van der Waals surface area contributed by atoms with Crippen molar-refractivity contribution in [2.75, 3.05) is 0 Å². The highest BCUT2D eigenvalue weighted by Crippen LogP contribution is 2.57. The molecule has 0 aliphatic heterocycles. The van der Waals surface area contributed by atoms with E-state index in [0.29, 0.717) is 5.69 Å². The van der Waals surface area contributed by atoms with Gasteiger partial charge in [0.05, 0.1) is 23.0 Å². The van der Waals surface area contributed by atoms with E-state index in [9.17, 15) is 0 Å². The maximum atomic E-state index is 7.41. The molecule has 8 aromatic rings. The highest BCUT2D eigenvalue weighted by atomic mass is 14.7. The second-order valence-electron chi connectivity index (χ2n) is 12.1. The predicted molar refractivity (Wildman–Crippen MR) is 191 cm³/mol. The van der Waals surface area contributed by atoms with Crippen molar-refractivity contribution < 1.29 is 0 Å². The van der Waals surface area contributed by atoms with Crippen molar-refractivity contribution >= 4 is 27.5 Å². The van der Waals surface area contributed by atoms with E-state index in [-0.39, 0.29) is 0 Å². The minimum atomic E-state index is -0.542. The van der Waals surface area contributed by atoms with Gasteiger partial charge in [0.1, 0.15) is 0 Å². The number of benzene rings is 6. The van der Waals surface area contributed by atoms with Crippen LogP contribution in [0.5, 0.6) is 0 Å². The summed E-state index contributed by atoms with van der Waals surface area (Å²) in [6.07, 6.45) is 3.81. The fourth-order valence-electron chi connectivity index (χ4n) is 7.47. The molecular formula is C44H27N3. The SMILES string of the molecule is [C-]#[N+]c1ccc(-c2ccc3c(c2)C(c2ccccc2)(c2ccccc2)c2cc(-c4cnc5c(ccc6cccnc65)c4)ccc2-3)cc1. The summed E-state index contributed by atoms with van der Waals surface area (Å²) in [5.74, 6) is 0. The number of nitrogens with zero attached hydrogens (tertiary/aromatic N) is 3. The van der Waals surface area contributed by atoms with Crippen LogP contribution in [0.15, 0.2) is 164 Å². The molecule has 0 saturated carbocycles. The van der Waals surface area contributed by atoms with Crippen molar-refractivity contribution in [1.29, 1.82) is 0 Å². The van der Waals surface area contributed by atoms with Gasteiger partial charge in [-0.15, -0.1) is 0 Å². The van der Waals surface area contributed by atoms with Crippen molar-refractivity contribution in [3.05, 3.63) is 198 Å². The quantitative estimate of drug-likeness (QED) is 0.149. The second kappa shape index (κ2) is 10.6. The minimum Gasteiger partial charge on any atom is -0.254 e. The van der Waals surface area contributed by atoms with Gasteiger partial charge in [0, 0.05) is 28.7 Å². The first-order valence-corrected chi connectivity index (χ1v) is 15.8. The van der Waals surface area contributed by atoms with Gasteiger partial charge in [-0.2, -0.15) is 0 Å². The smallest absolute Gasteiger partial charge is 0.187 e. The summed E-state index contributed by atoms with van der Waals surface area (Å²) in [5.41, 5.74) is 13.8. The van der Waals surface area contributed by atoms with Gasteiger partial charge in [-0.05, 0) is 74.3 Å². The first-order chi connectivity index (χ1) is 23.2. The fourth-order valence-corrected chi connectivity index (χ4v) is 7.47. The van der Waals surface area contributed by atoms with Crippen LogP contribution in [0.3, 0.4) is 0 Å². The predicted octanol–water partition coefficient (Wildman–Crippen LogP) is 11.0. The van der Waals surface area contributed by atoms with Crippen LogP contribution in [0.1, 0.15) is 22.3 Å². The molecule has 1 aliphatic rings. The molecule has 0 atom stereocenters. The minimum absolute atomic E-state index is 0.542.